The van der Waals surface area contributed by atoms with Crippen LogP contribution in [-0.4, -0.2) is 13.6 Å². The van der Waals surface area contributed by atoms with E-state index in [2.05, 4.69) is 0 Å². The molecule has 0 bridgehead atoms. The predicted molar refractivity (Wildman–Crippen MR) is 73.0 cm³/mol. The van der Waals surface area contributed by atoms with E-state index in [1.54, 1.807) is 24.1 Å². The van der Waals surface area contributed by atoms with E-state index in [4.69, 9.17) is 5.73 Å². The first-order valence-electron chi connectivity index (χ1n) is 6.16. The van der Waals surface area contributed by atoms with Crippen molar-refractivity contribution in [3.8, 4) is 0 Å². The molecule has 20 heavy (non-hydrogen) atoms. The van der Waals surface area contributed by atoms with Gasteiger partial charge in [-0.15, -0.1) is 0 Å². The summed E-state index contributed by atoms with van der Waals surface area (Å²) in [7, 11) is 1.77. The van der Waals surface area contributed by atoms with Crippen LogP contribution in [0.15, 0.2) is 42.5 Å². The fourth-order valence-electron chi connectivity index (χ4n) is 2.09. The van der Waals surface area contributed by atoms with Crippen LogP contribution in [0.4, 0.5) is 18.9 Å². The van der Waals surface area contributed by atoms with Crippen molar-refractivity contribution in [3.05, 3.63) is 65.5 Å². The molecule has 0 aliphatic heterocycles. The molecule has 0 saturated heterocycles. The van der Waals surface area contributed by atoms with Gasteiger partial charge in [-0.1, -0.05) is 6.07 Å². The Bertz CT molecular complexity index is 584. The van der Waals surface area contributed by atoms with Crippen molar-refractivity contribution in [1.29, 1.82) is 0 Å². The van der Waals surface area contributed by atoms with E-state index in [0.717, 1.165) is 17.8 Å². The van der Waals surface area contributed by atoms with E-state index < -0.39 is 11.6 Å². The van der Waals surface area contributed by atoms with Gasteiger partial charge in [0.05, 0.1) is 6.04 Å². The Morgan fingerprint density at radius 1 is 1.00 bits per heavy atom. The van der Waals surface area contributed by atoms with E-state index in [1.807, 2.05) is 0 Å². The van der Waals surface area contributed by atoms with E-state index in [1.165, 1.54) is 18.2 Å². The molecule has 106 valence electrons. The third kappa shape index (κ3) is 2.93. The van der Waals surface area contributed by atoms with Crippen LogP contribution in [0, 0.1) is 17.5 Å². The molecule has 1 atom stereocenters. The lowest BCUT2D eigenvalue weighted by atomic mass is 10.0. The van der Waals surface area contributed by atoms with Gasteiger partial charge in [-0.3, -0.25) is 0 Å². The van der Waals surface area contributed by atoms with Gasteiger partial charge in [-0.2, -0.15) is 0 Å². The Morgan fingerprint density at radius 3 is 2.20 bits per heavy atom. The summed E-state index contributed by atoms with van der Waals surface area (Å²) in [6.45, 7) is 0.221. The number of halogens is 3. The minimum atomic E-state index is -0.909. The highest BCUT2D eigenvalue weighted by Crippen LogP contribution is 2.26. The molecule has 0 heterocycles. The maximum atomic E-state index is 13.3. The number of hydrogen-bond donors (Lipinski definition) is 1. The highest BCUT2D eigenvalue weighted by atomic mass is 19.2. The Balaban J connectivity index is 2.31. The zero-order valence-electron chi connectivity index (χ0n) is 11.0. The summed E-state index contributed by atoms with van der Waals surface area (Å²) in [5.41, 5.74) is 7.04. The predicted octanol–water partition coefficient (Wildman–Crippen LogP) is 3.24. The average Bonchev–Trinajstić information content (AvgIpc) is 2.44. The van der Waals surface area contributed by atoms with Crippen molar-refractivity contribution >= 4 is 5.69 Å². The molecular weight excluding hydrogens is 265 g/mol. The van der Waals surface area contributed by atoms with Crippen LogP contribution in [0.25, 0.3) is 0 Å². The van der Waals surface area contributed by atoms with Crippen molar-refractivity contribution in [2.24, 2.45) is 5.73 Å². The number of rotatable bonds is 4. The standard InChI is InChI=1S/C15H15F3N2/c1-20(12-5-3-11(16)4-6-12)15(9-19)10-2-7-13(17)14(18)8-10/h2-8,15H,9,19H2,1H3. The second kappa shape index (κ2) is 5.96. The highest BCUT2D eigenvalue weighted by Gasteiger charge is 2.17. The Kier molecular flexibility index (Phi) is 4.29. The Hall–Kier alpha value is -2.01. The minimum absolute atomic E-state index is 0.221. The Labute approximate surface area is 115 Å². The first kappa shape index (κ1) is 14.4. The van der Waals surface area contributed by atoms with Gasteiger partial charge in [-0.25, -0.2) is 13.2 Å². The fraction of sp³-hybridized carbons (Fsp3) is 0.200. The molecule has 2 aromatic carbocycles. The summed E-state index contributed by atoms with van der Waals surface area (Å²) in [4.78, 5) is 1.80. The molecule has 5 heteroatoms. The number of nitrogens with zero attached hydrogens (tertiary/aromatic N) is 1. The van der Waals surface area contributed by atoms with Crippen LogP contribution in [0.3, 0.4) is 0 Å². The molecule has 0 fully saturated rings. The number of likely N-dealkylation sites (N-methyl/N-ethyl adjacent to an activating group) is 1. The van der Waals surface area contributed by atoms with E-state index in [0.29, 0.717) is 5.56 Å². The summed E-state index contributed by atoms with van der Waals surface area (Å²) >= 11 is 0. The monoisotopic (exact) mass is 280 g/mol. The van der Waals surface area contributed by atoms with Crippen LogP contribution in [0.2, 0.25) is 0 Å². The lowest BCUT2D eigenvalue weighted by Crippen LogP contribution is -2.30. The van der Waals surface area contributed by atoms with Gasteiger partial charge in [0, 0.05) is 19.3 Å². The molecule has 2 aromatic rings. The second-order valence-electron chi connectivity index (χ2n) is 4.51. The van der Waals surface area contributed by atoms with Gasteiger partial charge >= 0.3 is 0 Å². The molecule has 2 nitrogen and oxygen atoms in total. The van der Waals surface area contributed by atoms with Gasteiger partial charge in [0.2, 0.25) is 0 Å². The van der Waals surface area contributed by atoms with Crippen LogP contribution >= 0.6 is 0 Å². The molecule has 0 saturated carbocycles. The molecule has 0 radical (unpaired) electrons. The molecule has 2 rings (SSSR count). The van der Waals surface area contributed by atoms with Gasteiger partial charge in [0.25, 0.3) is 0 Å². The van der Waals surface area contributed by atoms with E-state index in [9.17, 15) is 13.2 Å². The van der Waals surface area contributed by atoms with Gasteiger partial charge in [0.15, 0.2) is 11.6 Å². The lowest BCUT2D eigenvalue weighted by molar-refractivity contribution is 0.504. The first-order chi connectivity index (χ1) is 9.52. The second-order valence-corrected chi connectivity index (χ2v) is 4.51. The molecule has 0 amide bonds. The van der Waals surface area contributed by atoms with Crippen molar-refractivity contribution in [1.82, 2.24) is 0 Å². The SMILES string of the molecule is CN(c1ccc(F)cc1)C(CN)c1ccc(F)c(F)c1. The van der Waals surface area contributed by atoms with Crippen molar-refractivity contribution in [3.63, 3.8) is 0 Å². The summed E-state index contributed by atoms with van der Waals surface area (Å²) in [6.07, 6.45) is 0. The minimum Gasteiger partial charge on any atom is -0.366 e. The van der Waals surface area contributed by atoms with Gasteiger partial charge < -0.3 is 10.6 Å². The van der Waals surface area contributed by atoms with E-state index >= 15 is 0 Å². The topological polar surface area (TPSA) is 29.3 Å². The average molecular weight is 280 g/mol. The number of hydrogen-bond acceptors (Lipinski definition) is 2. The third-order valence-corrected chi connectivity index (χ3v) is 3.25. The molecule has 0 spiro atoms. The molecular formula is C15H15F3N2. The maximum Gasteiger partial charge on any atom is 0.159 e. The zero-order valence-corrected chi connectivity index (χ0v) is 11.0. The lowest BCUT2D eigenvalue weighted by Gasteiger charge is -2.29. The van der Waals surface area contributed by atoms with Crippen molar-refractivity contribution in [2.45, 2.75) is 6.04 Å². The summed E-state index contributed by atoms with van der Waals surface area (Å²) in [5, 5.41) is 0. The number of nitrogens with two attached hydrogens (primary N) is 1. The van der Waals surface area contributed by atoms with Crippen LogP contribution in [0.5, 0.6) is 0 Å². The smallest absolute Gasteiger partial charge is 0.159 e. The Morgan fingerprint density at radius 2 is 1.65 bits per heavy atom. The van der Waals surface area contributed by atoms with Gasteiger partial charge in [-0.05, 0) is 42.0 Å². The van der Waals surface area contributed by atoms with Gasteiger partial charge in [0.1, 0.15) is 5.82 Å². The summed E-state index contributed by atoms with van der Waals surface area (Å²) in [5.74, 6) is -2.14. The first-order valence-corrected chi connectivity index (χ1v) is 6.16. The van der Waals surface area contributed by atoms with E-state index in [-0.39, 0.29) is 18.4 Å². The normalized spacial score (nSPS) is 12.2. The third-order valence-electron chi connectivity index (χ3n) is 3.25. The molecule has 1 unspecified atom stereocenters. The largest absolute Gasteiger partial charge is 0.366 e. The van der Waals surface area contributed by atoms with Crippen LogP contribution in [0.1, 0.15) is 11.6 Å². The van der Waals surface area contributed by atoms with Crippen LogP contribution in [-0.2, 0) is 0 Å². The van der Waals surface area contributed by atoms with Crippen molar-refractivity contribution in [2.75, 3.05) is 18.5 Å². The maximum absolute atomic E-state index is 13.3. The molecule has 2 N–H and O–H groups in total. The molecule has 0 aliphatic rings. The highest BCUT2D eigenvalue weighted by molar-refractivity contribution is 5.48. The fourth-order valence-corrected chi connectivity index (χ4v) is 2.09. The molecule has 0 aliphatic carbocycles. The quantitative estimate of drug-likeness (QED) is 0.931. The summed E-state index contributed by atoms with van der Waals surface area (Å²) in [6, 6.07) is 9.27. The zero-order chi connectivity index (χ0) is 14.7. The van der Waals surface area contributed by atoms with Crippen molar-refractivity contribution < 1.29 is 13.2 Å². The summed E-state index contributed by atoms with van der Waals surface area (Å²) < 4.78 is 39.2. The molecule has 0 aromatic heterocycles. The number of benzene rings is 2. The number of anilines is 1. The van der Waals surface area contributed by atoms with Crippen LogP contribution < -0.4 is 10.6 Å².